The topological polar surface area (TPSA) is 35.2 Å². The molecule has 1 rings (SSSR count). The molecule has 1 aromatic carbocycles. The lowest BCUT2D eigenvalue weighted by Gasteiger charge is -2.06. The summed E-state index contributed by atoms with van der Waals surface area (Å²) < 4.78 is 5.42. The molecule has 0 aromatic heterocycles. The summed E-state index contributed by atoms with van der Waals surface area (Å²) in [6.45, 7) is 0.623. The highest BCUT2D eigenvalue weighted by Gasteiger charge is 1.96. The van der Waals surface area contributed by atoms with Crippen LogP contribution in [0.1, 0.15) is 12.8 Å². The number of rotatable bonds is 4. The molecule has 2 heteroatoms. The second kappa shape index (κ2) is 5.10. The molecule has 0 aliphatic heterocycles. The highest BCUT2D eigenvalue weighted by atomic mass is 16.5. The maximum Gasteiger partial charge on any atom is 0.142 e. The minimum atomic E-state index is 0.623. The molecule has 1 aromatic rings. The molecule has 0 fully saturated rings. The number of terminal acetylenes is 1. The van der Waals surface area contributed by atoms with Gasteiger partial charge in [-0.25, -0.2) is 0 Å². The number of nitrogens with two attached hydrogens (primary N) is 1. The number of anilines is 1. The van der Waals surface area contributed by atoms with Crippen LogP contribution in [0.4, 0.5) is 5.69 Å². The Kier molecular flexibility index (Phi) is 3.72. The maximum atomic E-state index is 5.67. The van der Waals surface area contributed by atoms with Gasteiger partial charge in [0.15, 0.2) is 0 Å². The number of para-hydroxylation sites is 2. The maximum absolute atomic E-state index is 5.67. The Morgan fingerprint density at radius 2 is 2.15 bits per heavy atom. The van der Waals surface area contributed by atoms with E-state index in [1.807, 2.05) is 24.3 Å². The van der Waals surface area contributed by atoms with Crippen LogP contribution in [0.25, 0.3) is 0 Å². The van der Waals surface area contributed by atoms with Crippen LogP contribution in [0, 0.1) is 12.3 Å². The third kappa shape index (κ3) is 3.08. The Bertz CT molecular complexity index is 301. The Balaban J connectivity index is 2.37. The molecule has 0 unspecified atom stereocenters. The number of hydrogen-bond donors (Lipinski definition) is 1. The molecular weight excluding hydrogens is 162 g/mol. The van der Waals surface area contributed by atoms with Crippen molar-refractivity contribution in [2.24, 2.45) is 0 Å². The first kappa shape index (κ1) is 9.47. The Morgan fingerprint density at radius 1 is 1.38 bits per heavy atom. The molecule has 0 spiro atoms. The quantitative estimate of drug-likeness (QED) is 0.432. The fraction of sp³-hybridized carbons (Fsp3) is 0.273. The Morgan fingerprint density at radius 3 is 2.85 bits per heavy atom. The minimum Gasteiger partial charge on any atom is -0.491 e. The molecular formula is C11H13NO. The van der Waals surface area contributed by atoms with Gasteiger partial charge in [-0.3, -0.25) is 0 Å². The van der Waals surface area contributed by atoms with Crippen molar-refractivity contribution in [3.63, 3.8) is 0 Å². The summed E-state index contributed by atoms with van der Waals surface area (Å²) in [5.74, 6) is 3.29. The van der Waals surface area contributed by atoms with Crippen LogP contribution in [0.15, 0.2) is 24.3 Å². The zero-order valence-electron chi connectivity index (χ0n) is 7.49. The molecule has 68 valence electrons. The molecule has 0 saturated heterocycles. The third-order valence-electron chi connectivity index (χ3n) is 1.64. The van der Waals surface area contributed by atoms with E-state index in [1.54, 1.807) is 0 Å². The van der Waals surface area contributed by atoms with E-state index in [4.69, 9.17) is 16.9 Å². The molecule has 0 atom stereocenters. The van der Waals surface area contributed by atoms with Gasteiger partial charge < -0.3 is 10.5 Å². The van der Waals surface area contributed by atoms with Crippen LogP contribution in [-0.2, 0) is 0 Å². The summed E-state index contributed by atoms with van der Waals surface area (Å²) in [7, 11) is 0. The van der Waals surface area contributed by atoms with Gasteiger partial charge in [0.05, 0.1) is 12.3 Å². The summed E-state index contributed by atoms with van der Waals surface area (Å²) in [5.41, 5.74) is 6.34. The molecule has 0 aliphatic rings. The average Bonchev–Trinajstić information content (AvgIpc) is 2.15. The molecule has 0 aliphatic carbocycles. The van der Waals surface area contributed by atoms with Gasteiger partial charge in [-0.1, -0.05) is 12.1 Å². The first-order valence-corrected chi connectivity index (χ1v) is 4.25. The van der Waals surface area contributed by atoms with E-state index in [2.05, 4.69) is 5.92 Å². The molecule has 2 nitrogen and oxygen atoms in total. The molecule has 13 heavy (non-hydrogen) atoms. The summed E-state index contributed by atoms with van der Waals surface area (Å²) >= 11 is 0. The highest BCUT2D eigenvalue weighted by Crippen LogP contribution is 2.19. The van der Waals surface area contributed by atoms with Gasteiger partial charge in [-0.15, -0.1) is 12.3 Å². The van der Waals surface area contributed by atoms with Crippen LogP contribution in [-0.4, -0.2) is 6.61 Å². The van der Waals surface area contributed by atoms with Crippen molar-refractivity contribution in [3.8, 4) is 18.1 Å². The van der Waals surface area contributed by atoms with Gasteiger partial charge in [-0.2, -0.15) is 0 Å². The second-order valence-corrected chi connectivity index (χ2v) is 2.69. The van der Waals surface area contributed by atoms with Crippen molar-refractivity contribution >= 4 is 5.69 Å². The predicted octanol–water partition coefficient (Wildman–Crippen LogP) is 2.06. The van der Waals surface area contributed by atoms with E-state index < -0.39 is 0 Å². The lowest BCUT2D eigenvalue weighted by molar-refractivity contribution is 0.314. The normalized spacial score (nSPS) is 9.15. The lowest BCUT2D eigenvalue weighted by atomic mass is 10.3. The summed E-state index contributed by atoms with van der Waals surface area (Å²) in [6.07, 6.45) is 6.72. The molecule has 0 heterocycles. The molecule has 0 radical (unpaired) electrons. The van der Waals surface area contributed by atoms with Crippen molar-refractivity contribution in [2.45, 2.75) is 12.8 Å². The molecule has 2 N–H and O–H groups in total. The fourth-order valence-electron chi connectivity index (χ4n) is 0.968. The summed E-state index contributed by atoms with van der Waals surface area (Å²) in [5, 5.41) is 0. The van der Waals surface area contributed by atoms with Crippen molar-refractivity contribution in [2.75, 3.05) is 12.3 Å². The monoisotopic (exact) mass is 175 g/mol. The van der Waals surface area contributed by atoms with Gasteiger partial charge in [0, 0.05) is 6.42 Å². The predicted molar refractivity (Wildman–Crippen MR) is 54.4 cm³/mol. The first-order chi connectivity index (χ1) is 6.34. The SMILES string of the molecule is C#CCCCOc1ccccc1N. The molecule has 0 bridgehead atoms. The van der Waals surface area contributed by atoms with Gasteiger partial charge in [0.1, 0.15) is 5.75 Å². The van der Waals surface area contributed by atoms with Gasteiger partial charge in [0.25, 0.3) is 0 Å². The standard InChI is InChI=1S/C11H13NO/c1-2-3-6-9-13-11-8-5-4-7-10(11)12/h1,4-5,7-8H,3,6,9,12H2. The fourth-order valence-corrected chi connectivity index (χ4v) is 0.968. The van der Waals surface area contributed by atoms with Crippen molar-refractivity contribution in [1.29, 1.82) is 0 Å². The molecule has 0 saturated carbocycles. The van der Waals surface area contributed by atoms with E-state index in [0.29, 0.717) is 12.3 Å². The average molecular weight is 175 g/mol. The van der Waals surface area contributed by atoms with Crippen LogP contribution >= 0.6 is 0 Å². The largest absolute Gasteiger partial charge is 0.491 e. The number of unbranched alkanes of at least 4 members (excludes halogenated alkanes) is 1. The summed E-state index contributed by atoms with van der Waals surface area (Å²) in [6, 6.07) is 7.44. The highest BCUT2D eigenvalue weighted by molar-refractivity contribution is 5.51. The number of ether oxygens (including phenoxy) is 1. The first-order valence-electron chi connectivity index (χ1n) is 4.25. The van der Waals surface area contributed by atoms with Gasteiger partial charge in [-0.05, 0) is 18.6 Å². The van der Waals surface area contributed by atoms with Gasteiger partial charge in [0.2, 0.25) is 0 Å². The zero-order chi connectivity index (χ0) is 9.52. The minimum absolute atomic E-state index is 0.623. The van der Waals surface area contributed by atoms with Crippen molar-refractivity contribution in [3.05, 3.63) is 24.3 Å². The van der Waals surface area contributed by atoms with E-state index >= 15 is 0 Å². The third-order valence-corrected chi connectivity index (χ3v) is 1.64. The Labute approximate surface area is 78.7 Å². The zero-order valence-corrected chi connectivity index (χ0v) is 7.49. The van der Waals surface area contributed by atoms with Crippen molar-refractivity contribution < 1.29 is 4.74 Å². The van der Waals surface area contributed by atoms with Crippen molar-refractivity contribution in [1.82, 2.24) is 0 Å². The Hall–Kier alpha value is -1.62. The van der Waals surface area contributed by atoms with Crippen LogP contribution in [0.3, 0.4) is 0 Å². The lowest BCUT2D eigenvalue weighted by Crippen LogP contribution is -1.99. The van der Waals surface area contributed by atoms with Gasteiger partial charge >= 0.3 is 0 Å². The number of benzene rings is 1. The number of nitrogen functional groups attached to an aromatic ring is 1. The smallest absolute Gasteiger partial charge is 0.142 e. The summed E-state index contributed by atoms with van der Waals surface area (Å²) in [4.78, 5) is 0. The van der Waals surface area contributed by atoms with Crippen LogP contribution in [0.2, 0.25) is 0 Å². The second-order valence-electron chi connectivity index (χ2n) is 2.69. The van der Waals surface area contributed by atoms with E-state index in [-0.39, 0.29) is 0 Å². The van der Waals surface area contributed by atoms with Crippen LogP contribution < -0.4 is 10.5 Å². The van der Waals surface area contributed by atoms with E-state index in [1.165, 1.54) is 0 Å². The molecule has 0 amide bonds. The van der Waals surface area contributed by atoms with E-state index in [9.17, 15) is 0 Å². The number of hydrogen-bond acceptors (Lipinski definition) is 2. The van der Waals surface area contributed by atoms with Crippen LogP contribution in [0.5, 0.6) is 5.75 Å². The van der Waals surface area contributed by atoms with E-state index in [0.717, 1.165) is 18.6 Å².